The fourth-order valence-corrected chi connectivity index (χ4v) is 4.42. The Hall–Kier alpha value is -3.61. The average molecular weight is 473 g/mol. The SMILES string of the molecule is CO[B]N1CCN(c2ccncc2NC(=O)c2ccnc(-n3cc(-c4ccsc4)cn3)n2)CC1. The van der Waals surface area contributed by atoms with Gasteiger partial charge in [0.1, 0.15) is 5.69 Å². The number of carbonyl (C=O) groups excluding carboxylic acids is 1. The molecule has 4 aromatic heterocycles. The van der Waals surface area contributed by atoms with Gasteiger partial charge >= 0.3 is 7.62 Å². The number of nitrogens with one attached hydrogen (secondary N) is 1. The second-order valence-corrected chi connectivity index (χ2v) is 8.42. The number of nitrogens with zero attached hydrogens (tertiary/aromatic N) is 7. The lowest BCUT2D eigenvalue weighted by Crippen LogP contribution is -2.48. The van der Waals surface area contributed by atoms with E-state index in [0.29, 0.717) is 11.6 Å². The summed E-state index contributed by atoms with van der Waals surface area (Å²) in [6.07, 6.45) is 8.54. The highest BCUT2D eigenvalue weighted by Crippen LogP contribution is 2.26. The van der Waals surface area contributed by atoms with Gasteiger partial charge in [-0.2, -0.15) is 16.4 Å². The Labute approximate surface area is 201 Å². The van der Waals surface area contributed by atoms with Crippen molar-refractivity contribution in [2.75, 3.05) is 43.5 Å². The Bertz CT molecular complexity index is 1260. The van der Waals surface area contributed by atoms with Gasteiger partial charge in [-0.3, -0.25) is 9.78 Å². The third-order valence-electron chi connectivity index (χ3n) is 5.47. The van der Waals surface area contributed by atoms with Crippen LogP contribution in [0.15, 0.2) is 59.9 Å². The van der Waals surface area contributed by atoms with Crippen molar-refractivity contribution in [2.45, 2.75) is 0 Å². The summed E-state index contributed by atoms with van der Waals surface area (Å²) in [4.78, 5) is 30.3. The molecule has 1 aliphatic rings. The molecule has 171 valence electrons. The Kier molecular flexibility index (Phi) is 6.61. The molecule has 5 heterocycles. The zero-order valence-corrected chi connectivity index (χ0v) is 19.4. The van der Waals surface area contributed by atoms with Crippen LogP contribution in [0, 0.1) is 0 Å². The molecule has 34 heavy (non-hydrogen) atoms. The maximum Gasteiger partial charge on any atom is 0.398 e. The van der Waals surface area contributed by atoms with Gasteiger partial charge < -0.3 is 19.7 Å². The van der Waals surface area contributed by atoms with Gasteiger partial charge in [-0.25, -0.2) is 14.6 Å². The molecule has 0 aromatic carbocycles. The van der Waals surface area contributed by atoms with Crippen LogP contribution in [0.25, 0.3) is 17.1 Å². The molecule has 4 aromatic rings. The Morgan fingerprint density at radius 3 is 2.79 bits per heavy atom. The number of thiophene rings is 1. The molecule has 0 saturated carbocycles. The van der Waals surface area contributed by atoms with Crippen LogP contribution in [-0.2, 0) is 4.65 Å². The van der Waals surface area contributed by atoms with E-state index in [1.807, 2.05) is 29.1 Å². The van der Waals surface area contributed by atoms with E-state index in [1.54, 1.807) is 61.6 Å². The van der Waals surface area contributed by atoms with Crippen molar-refractivity contribution in [2.24, 2.45) is 0 Å². The minimum atomic E-state index is -0.338. The second-order valence-electron chi connectivity index (χ2n) is 7.64. The summed E-state index contributed by atoms with van der Waals surface area (Å²) < 4.78 is 6.67. The van der Waals surface area contributed by atoms with Gasteiger partial charge in [0.2, 0.25) is 0 Å². The average Bonchev–Trinajstić information content (AvgIpc) is 3.58. The molecule has 1 saturated heterocycles. The molecule has 10 nitrogen and oxygen atoms in total. The summed E-state index contributed by atoms with van der Waals surface area (Å²) in [5.41, 5.74) is 3.84. The molecule has 1 amide bonds. The zero-order chi connectivity index (χ0) is 23.3. The predicted octanol–water partition coefficient (Wildman–Crippen LogP) is 2.34. The molecule has 12 heteroatoms. The largest absolute Gasteiger partial charge is 0.427 e. The lowest BCUT2D eigenvalue weighted by molar-refractivity contribution is 0.102. The van der Waals surface area contributed by atoms with E-state index in [9.17, 15) is 4.79 Å². The minimum absolute atomic E-state index is 0.243. The molecule has 0 unspecified atom stereocenters. The van der Waals surface area contributed by atoms with Crippen molar-refractivity contribution in [3.8, 4) is 17.1 Å². The molecular weight excluding hydrogens is 451 g/mol. The summed E-state index contributed by atoms with van der Waals surface area (Å²) in [5, 5.41) is 11.4. The van der Waals surface area contributed by atoms with Crippen molar-refractivity contribution in [3.63, 3.8) is 0 Å². The molecular formula is C22H22BN8O2S. The highest BCUT2D eigenvalue weighted by Gasteiger charge is 2.21. The highest BCUT2D eigenvalue weighted by molar-refractivity contribution is 7.08. The van der Waals surface area contributed by atoms with Crippen molar-refractivity contribution >= 4 is 36.2 Å². The fourth-order valence-electron chi connectivity index (χ4n) is 3.76. The first-order valence-corrected chi connectivity index (χ1v) is 11.7. The summed E-state index contributed by atoms with van der Waals surface area (Å²) in [5.74, 6) is -0.0134. The Morgan fingerprint density at radius 2 is 2.00 bits per heavy atom. The summed E-state index contributed by atoms with van der Waals surface area (Å²) in [6.45, 7) is 3.26. The molecule has 0 aliphatic carbocycles. The number of rotatable bonds is 7. The van der Waals surface area contributed by atoms with Gasteiger partial charge in [0.05, 0.1) is 23.8 Å². The number of aromatic nitrogens is 5. The predicted molar refractivity (Wildman–Crippen MR) is 131 cm³/mol. The number of anilines is 2. The Balaban J connectivity index is 1.31. The van der Waals surface area contributed by atoms with Crippen molar-refractivity contribution in [1.82, 2.24) is 29.5 Å². The molecule has 0 bridgehead atoms. The quantitative estimate of drug-likeness (QED) is 0.409. The fraction of sp³-hybridized carbons (Fsp3) is 0.227. The van der Waals surface area contributed by atoms with E-state index >= 15 is 0 Å². The maximum absolute atomic E-state index is 13.1. The number of hydrogen-bond acceptors (Lipinski definition) is 9. The first-order chi connectivity index (χ1) is 16.7. The summed E-state index contributed by atoms with van der Waals surface area (Å²) in [6, 6.07) is 5.52. The first kappa shape index (κ1) is 22.2. The molecule has 1 fully saturated rings. The van der Waals surface area contributed by atoms with Gasteiger partial charge in [-0.05, 0) is 34.5 Å². The van der Waals surface area contributed by atoms with Gasteiger partial charge in [0, 0.05) is 57.4 Å². The number of amides is 1. The number of carbonyl (C=O) groups is 1. The van der Waals surface area contributed by atoms with E-state index in [1.165, 1.54) is 0 Å². The highest BCUT2D eigenvalue weighted by atomic mass is 32.1. The second kappa shape index (κ2) is 10.1. The normalized spacial score (nSPS) is 14.2. The third-order valence-corrected chi connectivity index (χ3v) is 6.16. The van der Waals surface area contributed by atoms with E-state index in [-0.39, 0.29) is 11.6 Å². The van der Waals surface area contributed by atoms with Crippen molar-refractivity contribution < 1.29 is 9.45 Å². The molecule has 0 atom stereocenters. The lowest BCUT2D eigenvalue weighted by atomic mass is 10.1. The minimum Gasteiger partial charge on any atom is -0.427 e. The number of hydrogen-bond donors (Lipinski definition) is 1. The third kappa shape index (κ3) is 4.83. The van der Waals surface area contributed by atoms with Crippen LogP contribution in [0.2, 0.25) is 0 Å². The molecule has 1 aliphatic heterocycles. The van der Waals surface area contributed by atoms with E-state index in [0.717, 1.165) is 43.0 Å². The Morgan fingerprint density at radius 1 is 1.12 bits per heavy atom. The van der Waals surface area contributed by atoms with Crippen LogP contribution < -0.4 is 10.2 Å². The standard InChI is InChI=1S/C22H22BN8O2S/c1-33-23-30-9-7-29(8-10-30)20-3-5-24-13-19(20)27-21(32)18-2-6-25-22(28-18)31-14-17(12-26-31)16-4-11-34-15-16/h2-6,11-15H,7-10H2,1H3,(H,27,32). The van der Waals surface area contributed by atoms with E-state index in [2.05, 4.69) is 35.1 Å². The summed E-state index contributed by atoms with van der Waals surface area (Å²) in [7, 11) is 3.39. The topological polar surface area (TPSA) is 101 Å². The van der Waals surface area contributed by atoms with Crippen molar-refractivity contribution in [1.29, 1.82) is 0 Å². The van der Waals surface area contributed by atoms with Gasteiger partial charge in [0.25, 0.3) is 11.9 Å². The monoisotopic (exact) mass is 473 g/mol. The molecule has 1 N–H and O–H groups in total. The van der Waals surface area contributed by atoms with Crippen molar-refractivity contribution in [3.05, 3.63) is 65.6 Å². The molecule has 5 rings (SSSR count). The van der Waals surface area contributed by atoms with Crippen LogP contribution in [0.4, 0.5) is 11.4 Å². The zero-order valence-electron chi connectivity index (χ0n) is 18.5. The summed E-state index contributed by atoms with van der Waals surface area (Å²) >= 11 is 1.62. The number of piperazine rings is 1. The van der Waals surface area contributed by atoms with Crippen LogP contribution in [0.1, 0.15) is 10.5 Å². The smallest absolute Gasteiger partial charge is 0.398 e. The van der Waals surface area contributed by atoms with Crippen LogP contribution >= 0.6 is 11.3 Å². The van der Waals surface area contributed by atoms with E-state index < -0.39 is 0 Å². The van der Waals surface area contributed by atoms with Crippen LogP contribution in [-0.4, -0.2) is 76.4 Å². The van der Waals surface area contributed by atoms with Gasteiger partial charge in [-0.15, -0.1) is 0 Å². The number of pyridine rings is 1. The molecule has 0 spiro atoms. The molecule has 1 radical (unpaired) electrons. The lowest BCUT2D eigenvalue weighted by Gasteiger charge is -2.36. The van der Waals surface area contributed by atoms with Gasteiger partial charge in [-0.1, -0.05) is 0 Å². The maximum atomic E-state index is 13.1. The van der Waals surface area contributed by atoms with Crippen LogP contribution in [0.3, 0.4) is 0 Å². The first-order valence-electron chi connectivity index (χ1n) is 10.7. The van der Waals surface area contributed by atoms with Gasteiger partial charge in [0.15, 0.2) is 0 Å². The van der Waals surface area contributed by atoms with E-state index in [4.69, 9.17) is 4.65 Å². The van der Waals surface area contributed by atoms with Crippen LogP contribution in [0.5, 0.6) is 0 Å².